The number of Topliss-reactive ketones (excluding diaryl/α,β-unsaturated/α-hetero) is 2. The van der Waals surface area contributed by atoms with Gasteiger partial charge in [-0.15, -0.1) is 11.3 Å². The Bertz CT molecular complexity index is 2700. The third-order valence-corrected chi connectivity index (χ3v) is 13.8. The summed E-state index contributed by atoms with van der Waals surface area (Å²) in [5.74, 6) is -2.07. The molecule has 17 nitrogen and oxygen atoms in total. The minimum absolute atomic E-state index is 0.162. The number of rotatable bonds is 23. The smallest absolute Gasteiger partial charge is 0.264 e. The van der Waals surface area contributed by atoms with Crippen molar-refractivity contribution in [2.45, 2.75) is 37.9 Å². The molecule has 0 spiro atoms. The number of nitrogens with one attached hydrogen (secondary N) is 2. The van der Waals surface area contributed by atoms with Gasteiger partial charge in [0.15, 0.2) is 10.9 Å². The topological polar surface area (TPSA) is 189 Å². The summed E-state index contributed by atoms with van der Waals surface area (Å²) >= 11 is 1.33. The van der Waals surface area contributed by atoms with E-state index in [0.717, 1.165) is 65.6 Å². The Morgan fingerprint density at radius 2 is 1.42 bits per heavy atom. The van der Waals surface area contributed by atoms with Gasteiger partial charge in [-0.05, 0) is 59.0 Å². The summed E-state index contributed by atoms with van der Waals surface area (Å²) in [5.41, 5.74) is 6.34. The monoisotopic (exact) mass is 983 g/mol. The average Bonchev–Trinajstić information content (AvgIpc) is 4.09. The van der Waals surface area contributed by atoms with Gasteiger partial charge in [-0.25, -0.2) is 4.98 Å². The van der Waals surface area contributed by atoms with Gasteiger partial charge < -0.3 is 34.1 Å². The number of hydrogen-bond donors (Lipinski definition) is 2. The third-order valence-electron chi connectivity index (χ3n) is 13.1. The first-order valence-corrected chi connectivity index (χ1v) is 25.0. The molecule has 9 rings (SSSR count). The van der Waals surface area contributed by atoms with E-state index in [1.54, 1.807) is 34.7 Å². The van der Waals surface area contributed by atoms with E-state index in [4.69, 9.17) is 18.9 Å². The summed E-state index contributed by atoms with van der Waals surface area (Å²) in [5, 5.41) is 8.35. The van der Waals surface area contributed by atoms with Crippen molar-refractivity contribution < 1.29 is 47.7 Å². The number of thiazole rings is 1. The zero-order valence-electron chi connectivity index (χ0n) is 39.4. The first-order chi connectivity index (χ1) is 34.7. The molecule has 71 heavy (non-hydrogen) atoms. The highest BCUT2D eigenvalue weighted by Gasteiger charge is 2.45. The van der Waals surface area contributed by atoms with Gasteiger partial charge in [0.1, 0.15) is 11.8 Å². The van der Waals surface area contributed by atoms with Gasteiger partial charge >= 0.3 is 0 Å². The number of imide groups is 1. The predicted octanol–water partition coefficient (Wildman–Crippen LogP) is 5.73. The van der Waals surface area contributed by atoms with E-state index in [1.807, 2.05) is 48.5 Å². The Morgan fingerprint density at radius 3 is 2.13 bits per heavy atom. The number of hydrogen-bond acceptors (Lipinski definition) is 15. The van der Waals surface area contributed by atoms with Crippen molar-refractivity contribution in [2.24, 2.45) is 0 Å². The number of fused-ring (bicyclic) bond motifs is 2. The molecule has 2 atom stereocenters. The van der Waals surface area contributed by atoms with Gasteiger partial charge in [-0.1, -0.05) is 60.7 Å². The van der Waals surface area contributed by atoms with Crippen LogP contribution in [0.5, 0.6) is 0 Å². The van der Waals surface area contributed by atoms with Crippen LogP contribution in [0.2, 0.25) is 0 Å². The first-order valence-electron chi connectivity index (χ1n) is 24.1. The van der Waals surface area contributed by atoms with Gasteiger partial charge in [-0.2, -0.15) is 0 Å². The summed E-state index contributed by atoms with van der Waals surface area (Å²) in [7, 11) is 0. The fourth-order valence-corrected chi connectivity index (χ4v) is 9.98. The van der Waals surface area contributed by atoms with Gasteiger partial charge in [0.25, 0.3) is 23.6 Å². The normalized spacial score (nSPS) is 17.5. The molecule has 2 fully saturated rings. The molecule has 0 bridgehead atoms. The lowest BCUT2D eigenvalue weighted by atomic mass is 9.92. The van der Waals surface area contributed by atoms with Crippen LogP contribution in [-0.2, 0) is 39.9 Å². The molecule has 1 saturated carbocycles. The lowest BCUT2D eigenvalue weighted by Crippen LogP contribution is -2.47. The van der Waals surface area contributed by atoms with Crippen LogP contribution in [-0.4, -0.2) is 153 Å². The van der Waals surface area contributed by atoms with Crippen LogP contribution in [0.15, 0.2) is 103 Å². The molecule has 4 heterocycles. The molecule has 2 unspecified atom stereocenters. The number of ether oxygens (including phenoxy) is 4. The number of carbonyl (C=O) groups is 6. The van der Waals surface area contributed by atoms with E-state index >= 15 is 0 Å². The highest BCUT2D eigenvalue weighted by molar-refractivity contribution is 7.13. The van der Waals surface area contributed by atoms with Gasteiger partial charge in [0.05, 0.1) is 76.4 Å². The highest BCUT2D eigenvalue weighted by Crippen LogP contribution is 2.36. The second kappa shape index (κ2) is 23.5. The molecule has 1 aliphatic carbocycles. The number of aromatic nitrogens is 1. The largest absolute Gasteiger partial charge is 0.382 e. The van der Waals surface area contributed by atoms with Crippen molar-refractivity contribution in [3.63, 3.8) is 0 Å². The van der Waals surface area contributed by atoms with Crippen molar-refractivity contribution in [1.29, 1.82) is 0 Å². The lowest BCUT2D eigenvalue weighted by molar-refractivity contribution is -0.132. The Hall–Kier alpha value is -6.67. The fraction of sp³-hybridized carbons (Fsp3) is 0.377. The van der Waals surface area contributed by atoms with Crippen LogP contribution in [0.3, 0.4) is 0 Å². The van der Waals surface area contributed by atoms with E-state index in [0.29, 0.717) is 82.3 Å². The molecule has 18 heteroatoms. The molecule has 4 aromatic carbocycles. The maximum atomic E-state index is 14.0. The molecule has 2 N–H and O–H groups in total. The van der Waals surface area contributed by atoms with Crippen molar-refractivity contribution in [3.8, 4) is 11.1 Å². The highest BCUT2D eigenvalue weighted by atomic mass is 32.1. The second-order valence-electron chi connectivity index (χ2n) is 17.6. The number of carbonyl (C=O) groups excluding carboxylic acids is 6. The zero-order chi connectivity index (χ0) is 49.1. The van der Waals surface area contributed by atoms with Crippen LogP contribution < -0.4 is 15.5 Å². The number of benzene rings is 4. The SMILES string of the molecule is O=C1CCC(N2C(=O)c3cccc(NCCOCCOCCOCCOCCN4CCN(c5ccc(-c6ccc7c(c6)C(=O)N(C(C(=O)Nc6nccs6)c6ccccc6)C7)cc5)CC4)c3C2=O)C(=O)C1. The maximum Gasteiger partial charge on any atom is 0.264 e. The molecule has 5 aromatic rings. The van der Waals surface area contributed by atoms with Gasteiger partial charge in [0, 0.05) is 80.7 Å². The Labute approximate surface area is 416 Å². The number of ketones is 2. The summed E-state index contributed by atoms with van der Waals surface area (Å²) in [6, 6.07) is 27.1. The predicted molar refractivity (Wildman–Crippen MR) is 267 cm³/mol. The molecule has 4 amide bonds. The summed E-state index contributed by atoms with van der Waals surface area (Å²) in [6.07, 6.45) is 1.72. The van der Waals surface area contributed by atoms with Crippen LogP contribution in [0.1, 0.15) is 67.5 Å². The van der Waals surface area contributed by atoms with E-state index in [-0.39, 0.29) is 48.0 Å². The van der Waals surface area contributed by atoms with Crippen molar-refractivity contribution in [2.75, 3.05) is 108 Å². The van der Waals surface area contributed by atoms with Crippen LogP contribution in [0.4, 0.5) is 16.5 Å². The van der Waals surface area contributed by atoms with Crippen LogP contribution >= 0.6 is 11.3 Å². The number of amides is 4. The average molecular weight is 984 g/mol. The summed E-state index contributed by atoms with van der Waals surface area (Å²) in [4.78, 5) is 89.7. The molecule has 3 aliphatic heterocycles. The molecule has 370 valence electrons. The Morgan fingerprint density at radius 1 is 0.718 bits per heavy atom. The quantitative estimate of drug-likeness (QED) is 0.0459. The molecular formula is C53H57N7O10S. The first kappa shape index (κ1) is 49.3. The standard InChI is InChI=1S/C53H57N7O10S/c61-41-15-16-45(46(62)34-41)60-51(65)42-7-4-8-44(47(42)52(60)66)54-17-24-67-26-28-69-30-31-70-29-27-68-25-23-57-19-21-58(22-20-57)40-13-11-36(12-14-40)38-9-10-39-35-59(50(64)43(39)33-38)48(37-5-2-1-3-6-37)49(63)56-53-55-18-32-71-53/h1-14,18,32-33,45,48,54H,15-17,19-31,34-35H2,(H,55,56,63). The maximum absolute atomic E-state index is 14.0. The Balaban J connectivity index is 0.612. The summed E-state index contributed by atoms with van der Waals surface area (Å²) < 4.78 is 22.8. The van der Waals surface area contributed by atoms with Crippen molar-refractivity contribution >= 4 is 63.0 Å². The second-order valence-corrected chi connectivity index (χ2v) is 18.5. The molecule has 0 radical (unpaired) electrons. The zero-order valence-corrected chi connectivity index (χ0v) is 40.2. The van der Waals surface area contributed by atoms with E-state index in [9.17, 15) is 28.8 Å². The lowest BCUT2D eigenvalue weighted by Gasteiger charge is -2.36. The van der Waals surface area contributed by atoms with Gasteiger partial charge in [-0.3, -0.25) is 43.9 Å². The van der Waals surface area contributed by atoms with Crippen molar-refractivity contribution in [3.05, 3.63) is 130 Å². The van der Waals surface area contributed by atoms with Crippen molar-refractivity contribution in [1.82, 2.24) is 19.7 Å². The number of anilines is 3. The van der Waals surface area contributed by atoms with Crippen LogP contribution in [0.25, 0.3) is 11.1 Å². The molecule has 1 aromatic heterocycles. The van der Waals surface area contributed by atoms with E-state index in [1.165, 1.54) is 11.3 Å². The summed E-state index contributed by atoms with van der Waals surface area (Å²) in [6.45, 7) is 8.84. The number of piperazine rings is 1. The van der Waals surface area contributed by atoms with E-state index < -0.39 is 29.7 Å². The van der Waals surface area contributed by atoms with E-state index in [2.05, 4.69) is 49.7 Å². The number of nitrogens with zero attached hydrogens (tertiary/aromatic N) is 5. The third kappa shape index (κ3) is 11.8. The molecular weight excluding hydrogens is 927 g/mol. The van der Waals surface area contributed by atoms with Crippen LogP contribution in [0, 0.1) is 0 Å². The molecule has 4 aliphatic rings. The Kier molecular flexibility index (Phi) is 16.3. The fourth-order valence-electron chi connectivity index (χ4n) is 9.45. The minimum atomic E-state index is -0.906. The molecule has 1 saturated heterocycles. The van der Waals surface area contributed by atoms with Gasteiger partial charge in [0.2, 0.25) is 0 Å². The minimum Gasteiger partial charge on any atom is -0.382 e.